The summed E-state index contributed by atoms with van der Waals surface area (Å²) in [5.74, 6) is 0.826. The van der Waals surface area contributed by atoms with E-state index in [-0.39, 0.29) is 0 Å². The van der Waals surface area contributed by atoms with Crippen LogP contribution < -0.4 is 10.2 Å². The van der Waals surface area contributed by atoms with Gasteiger partial charge in [-0.25, -0.2) is 0 Å². The van der Waals surface area contributed by atoms with Crippen LogP contribution in [-0.2, 0) is 16.0 Å². The SMILES string of the molecule is CCCC(C)CCCOCCOCCNCc1ccc(N2CCN(C(C)CC)CC2)cc1. The first-order valence-electron chi connectivity index (χ1n) is 13.1. The minimum atomic E-state index is 0.686. The summed E-state index contributed by atoms with van der Waals surface area (Å²) < 4.78 is 11.3. The van der Waals surface area contributed by atoms with E-state index in [0.29, 0.717) is 19.3 Å². The smallest absolute Gasteiger partial charge is 0.0701 e. The lowest BCUT2D eigenvalue weighted by Crippen LogP contribution is -2.49. The normalized spacial score (nSPS) is 16.9. The number of anilines is 1. The lowest BCUT2D eigenvalue weighted by atomic mass is 10.0. The Morgan fingerprint density at radius 2 is 1.56 bits per heavy atom. The molecule has 0 spiro atoms. The van der Waals surface area contributed by atoms with Crippen molar-refractivity contribution in [2.24, 2.45) is 5.92 Å². The third-order valence-corrected chi connectivity index (χ3v) is 6.72. The molecule has 0 aromatic heterocycles. The van der Waals surface area contributed by atoms with Crippen molar-refractivity contribution >= 4 is 5.69 Å². The highest BCUT2D eigenvalue weighted by atomic mass is 16.5. The van der Waals surface area contributed by atoms with Crippen molar-refractivity contribution in [3.8, 4) is 0 Å². The molecular formula is C27H49N3O2. The van der Waals surface area contributed by atoms with Gasteiger partial charge in [-0.05, 0) is 49.8 Å². The van der Waals surface area contributed by atoms with Crippen LogP contribution in [0.15, 0.2) is 24.3 Å². The molecule has 5 nitrogen and oxygen atoms in total. The van der Waals surface area contributed by atoms with Gasteiger partial charge in [0.15, 0.2) is 0 Å². The van der Waals surface area contributed by atoms with Gasteiger partial charge in [0.1, 0.15) is 0 Å². The highest BCUT2D eigenvalue weighted by Gasteiger charge is 2.20. The standard InChI is InChI=1S/C27H49N3O2/c1-5-8-24(3)9-7-19-31-21-22-32-20-14-28-23-26-10-12-27(13-11-26)30-17-15-29(16-18-30)25(4)6-2/h10-13,24-25,28H,5-9,14-23H2,1-4H3. The molecule has 0 aliphatic carbocycles. The van der Waals surface area contributed by atoms with Crippen LogP contribution in [-0.4, -0.2) is 70.1 Å². The third-order valence-electron chi connectivity index (χ3n) is 6.72. The predicted octanol–water partition coefficient (Wildman–Crippen LogP) is 4.95. The fourth-order valence-corrected chi connectivity index (χ4v) is 4.37. The molecule has 1 aromatic rings. The van der Waals surface area contributed by atoms with E-state index in [0.717, 1.165) is 51.7 Å². The first-order valence-corrected chi connectivity index (χ1v) is 13.1. The molecule has 2 rings (SSSR count). The molecule has 1 aliphatic heterocycles. The van der Waals surface area contributed by atoms with Crippen molar-refractivity contribution in [2.45, 2.75) is 72.4 Å². The van der Waals surface area contributed by atoms with Gasteiger partial charge in [-0.2, -0.15) is 0 Å². The number of ether oxygens (including phenoxy) is 2. The number of piperazine rings is 1. The largest absolute Gasteiger partial charge is 0.379 e. The van der Waals surface area contributed by atoms with Gasteiger partial charge in [-0.15, -0.1) is 0 Å². The van der Waals surface area contributed by atoms with Crippen molar-refractivity contribution in [3.05, 3.63) is 29.8 Å². The van der Waals surface area contributed by atoms with Gasteiger partial charge in [0.05, 0.1) is 19.8 Å². The molecule has 1 heterocycles. The van der Waals surface area contributed by atoms with Crippen LogP contribution in [0.3, 0.4) is 0 Å². The minimum Gasteiger partial charge on any atom is -0.379 e. The monoisotopic (exact) mass is 447 g/mol. The zero-order valence-electron chi connectivity index (χ0n) is 21.3. The second kappa shape index (κ2) is 16.5. The molecule has 2 unspecified atom stereocenters. The summed E-state index contributed by atoms with van der Waals surface area (Å²) in [5.41, 5.74) is 2.67. The molecule has 0 radical (unpaired) electrons. The molecule has 0 amide bonds. The molecule has 2 atom stereocenters. The number of nitrogens with zero attached hydrogens (tertiary/aromatic N) is 2. The molecule has 1 aromatic carbocycles. The maximum absolute atomic E-state index is 5.67. The van der Waals surface area contributed by atoms with Gasteiger partial charge >= 0.3 is 0 Å². The maximum Gasteiger partial charge on any atom is 0.0701 e. The average molecular weight is 448 g/mol. The summed E-state index contributed by atoms with van der Waals surface area (Å²) in [4.78, 5) is 5.12. The highest BCUT2D eigenvalue weighted by molar-refractivity contribution is 5.48. The molecule has 1 saturated heterocycles. The fraction of sp³-hybridized carbons (Fsp3) is 0.778. The molecule has 1 aliphatic rings. The maximum atomic E-state index is 5.67. The molecule has 1 fully saturated rings. The molecule has 0 saturated carbocycles. The summed E-state index contributed by atoms with van der Waals surface area (Å²) in [6, 6.07) is 9.74. The van der Waals surface area contributed by atoms with E-state index in [1.165, 1.54) is 50.0 Å². The van der Waals surface area contributed by atoms with E-state index in [1.807, 2.05) is 0 Å². The van der Waals surface area contributed by atoms with Gasteiger partial charge in [0.25, 0.3) is 0 Å². The molecule has 184 valence electrons. The first kappa shape index (κ1) is 27.1. The Morgan fingerprint density at radius 3 is 2.22 bits per heavy atom. The third kappa shape index (κ3) is 10.7. The predicted molar refractivity (Wildman–Crippen MR) is 137 cm³/mol. The van der Waals surface area contributed by atoms with Gasteiger partial charge in [-0.3, -0.25) is 4.90 Å². The molecule has 0 bridgehead atoms. The van der Waals surface area contributed by atoms with Crippen LogP contribution in [0.4, 0.5) is 5.69 Å². The zero-order valence-corrected chi connectivity index (χ0v) is 21.3. The van der Waals surface area contributed by atoms with Crippen molar-refractivity contribution in [1.82, 2.24) is 10.2 Å². The highest BCUT2D eigenvalue weighted by Crippen LogP contribution is 2.18. The van der Waals surface area contributed by atoms with Gasteiger partial charge in [0, 0.05) is 57.6 Å². The molecule has 1 N–H and O–H groups in total. The Morgan fingerprint density at radius 1 is 0.875 bits per heavy atom. The van der Waals surface area contributed by atoms with E-state index < -0.39 is 0 Å². The Labute approximate surface area is 197 Å². The van der Waals surface area contributed by atoms with Crippen LogP contribution >= 0.6 is 0 Å². The van der Waals surface area contributed by atoms with E-state index in [2.05, 4.69) is 67.1 Å². The number of hydrogen-bond donors (Lipinski definition) is 1. The van der Waals surface area contributed by atoms with Crippen molar-refractivity contribution in [1.29, 1.82) is 0 Å². The average Bonchev–Trinajstić information content (AvgIpc) is 2.82. The summed E-state index contributed by atoms with van der Waals surface area (Å²) in [6.07, 6.45) is 6.28. The lowest BCUT2D eigenvalue weighted by Gasteiger charge is -2.39. The molecular weight excluding hydrogens is 398 g/mol. The second-order valence-electron chi connectivity index (χ2n) is 9.38. The van der Waals surface area contributed by atoms with Gasteiger partial charge in [-0.1, -0.05) is 45.7 Å². The second-order valence-corrected chi connectivity index (χ2v) is 9.38. The van der Waals surface area contributed by atoms with Crippen molar-refractivity contribution < 1.29 is 9.47 Å². The van der Waals surface area contributed by atoms with Crippen LogP contribution in [0.1, 0.15) is 65.4 Å². The van der Waals surface area contributed by atoms with Crippen molar-refractivity contribution in [2.75, 3.05) is 64.1 Å². The van der Waals surface area contributed by atoms with Gasteiger partial charge in [0.2, 0.25) is 0 Å². The van der Waals surface area contributed by atoms with Gasteiger partial charge < -0.3 is 19.7 Å². The quantitative estimate of drug-likeness (QED) is 0.342. The Bertz CT molecular complexity index is 573. The van der Waals surface area contributed by atoms with Crippen LogP contribution in [0, 0.1) is 5.92 Å². The topological polar surface area (TPSA) is 37.0 Å². The van der Waals surface area contributed by atoms with E-state index >= 15 is 0 Å². The number of rotatable bonds is 17. The van der Waals surface area contributed by atoms with Crippen LogP contribution in [0.2, 0.25) is 0 Å². The van der Waals surface area contributed by atoms with Crippen LogP contribution in [0.25, 0.3) is 0 Å². The number of nitrogens with one attached hydrogen (secondary N) is 1. The number of hydrogen-bond acceptors (Lipinski definition) is 5. The Hall–Kier alpha value is -1.14. The molecule has 5 heteroatoms. The zero-order chi connectivity index (χ0) is 23.0. The summed E-state index contributed by atoms with van der Waals surface area (Å²) >= 11 is 0. The van der Waals surface area contributed by atoms with E-state index in [9.17, 15) is 0 Å². The summed E-state index contributed by atoms with van der Waals surface area (Å²) in [6.45, 7) is 18.5. The summed E-state index contributed by atoms with van der Waals surface area (Å²) in [5, 5.41) is 3.47. The molecule has 32 heavy (non-hydrogen) atoms. The Kier molecular flexibility index (Phi) is 14.0. The lowest BCUT2D eigenvalue weighted by molar-refractivity contribution is 0.0464. The van der Waals surface area contributed by atoms with Crippen LogP contribution in [0.5, 0.6) is 0 Å². The summed E-state index contributed by atoms with van der Waals surface area (Å²) in [7, 11) is 0. The Balaban J connectivity index is 1.47. The van der Waals surface area contributed by atoms with E-state index in [4.69, 9.17) is 9.47 Å². The van der Waals surface area contributed by atoms with E-state index in [1.54, 1.807) is 0 Å². The number of benzene rings is 1. The first-order chi connectivity index (χ1) is 15.6. The van der Waals surface area contributed by atoms with Crippen molar-refractivity contribution in [3.63, 3.8) is 0 Å². The fourth-order valence-electron chi connectivity index (χ4n) is 4.37. The minimum absolute atomic E-state index is 0.686.